The van der Waals surface area contributed by atoms with Gasteiger partial charge in [-0.2, -0.15) is 0 Å². The van der Waals surface area contributed by atoms with E-state index in [0.29, 0.717) is 0 Å². The molecule has 0 aliphatic carbocycles. The molecule has 1 saturated heterocycles. The van der Waals surface area contributed by atoms with E-state index in [1.165, 1.54) is 0 Å². The van der Waals surface area contributed by atoms with E-state index in [9.17, 15) is 0 Å². The summed E-state index contributed by atoms with van der Waals surface area (Å²) in [7, 11) is 0. The second-order valence-corrected chi connectivity index (χ2v) is 0.998. The molecule has 0 aromatic carbocycles. The molecule has 0 aromatic rings. The van der Waals surface area contributed by atoms with E-state index in [-0.39, 0.29) is 17.6 Å². The van der Waals surface area contributed by atoms with E-state index >= 15 is 0 Å². The summed E-state index contributed by atoms with van der Waals surface area (Å²) >= 11 is 0. The topological polar surface area (TPSA) is 18.5 Å². The van der Waals surface area contributed by atoms with Gasteiger partial charge in [0.25, 0.3) is 0 Å². The van der Waals surface area contributed by atoms with E-state index in [0.717, 1.165) is 19.6 Å². The first-order valence-corrected chi connectivity index (χ1v) is 1.74. The van der Waals surface area contributed by atoms with Gasteiger partial charge in [0.2, 0.25) is 0 Å². The quantitative estimate of drug-likeness (QED) is 0.322. The van der Waals surface area contributed by atoms with Crippen LogP contribution in [0.3, 0.4) is 0 Å². The Hall–Kier alpha value is 0.463. The summed E-state index contributed by atoms with van der Waals surface area (Å²) in [5.41, 5.74) is 0. The first-order valence-electron chi connectivity index (χ1n) is 1.74. The first-order chi connectivity index (χ1) is 2.50. The van der Waals surface area contributed by atoms with Crippen molar-refractivity contribution in [3.8, 4) is 0 Å². The third-order valence-corrected chi connectivity index (χ3v) is 0.539. The van der Waals surface area contributed by atoms with Crippen LogP contribution in [0.5, 0.6) is 0 Å². The van der Waals surface area contributed by atoms with Gasteiger partial charge in [0.1, 0.15) is 0 Å². The number of hydrogen-bond donors (Lipinski definition) is 0. The summed E-state index contributed by atoms with van der Waals surface area (Å²) < 4.78 is 0. The summed E-state index contributed by atoms with van der Waals surface area (Å²) in [5.74, 6) is 0. The van der Waals surface area contributed by atoms with Crippen LogP contribution in [0.1, 0.15) is 6.42 Å². The van der Waals surface area contributed by atoms with Crippen molar-refractivity contribution in [2.24, 2.45) is 0 Å². The average Bonchev–Trinajstić information content (AvgIpc) is 1.76. The van der Waals surface area contributed by atoms with Gasteiger partial charge in [0, 0.05) is 6.42 Å². The molecule has 0 aromatic heterocycles. The molecule has 38 valence electrons. The molecule has 0 amide bonds. The Kier molecular flexibility index (Phi) is 3.93. The second kappa shape index (κ2) is 3.65. The molecular weight excluding hydrogens is 141 g/mol. The third-order valence-electron chi connectivity index (χ3n) is 0.539. The van der Waals surface area contributed by atoms with Gasteiger partial charge in [-0.3, -0.25) is 0 Å². The van der Waals surface area contributed by atoms with Gasteiger partial charge in [-0.05, 0) is 0 Å². The fraction of sp³-hybridized carbons (Fsp3) is 1.00. The second-order valence-electron chi connectivity index (χ2n) is 0.998. The summed E-state index contributed by atoms with van der Waals surface area (Å²) in [6.45, 7) is 1.56. The van der Waals surface area contributed by atoms with E-state index < -0.39 is 0 Å². The van der Waals surface area contributed by atoms with Crippen molar-refractivity contribution in [3.05, 3.63) is 0 Å². The van der Waals surface area contributed by atoms with Crippen LogP contribution in [0.4, 0.5) is 0 Å². The summed E-state index contributed by atoms with van der Waals surface area (Å²) in [5, 5.41) is 0. The maximum atomic E-state index is 4.44. The van der Waals surface area contributed by atoms with Crippen molar-refractivity contribution in [1.82, 2.24) is 0 Å². The van der Waals surface area contributed by atoms with Crippen LogP contribution in [0, 0.1) is 0 Å². The van der Waals surface area contributed by atoms with Gasteiger partial charge in [-0.15, -0.1) is 0 Å². The van der Waals surface area contributed by atoms with Crippen molar-refractivity contribution < 1.29 is 9.78 Å². The molecule has 1 aliphatic heterocycles. The zero-order valence-corrected chi connectivity index (χ0v) is 2.94. The maximum absolute atomic E-state index is 4.44. The third kappa shape index (κ3) is 1.79. The predicted octanol–water partition coefficient (Wildman–Crippen LogP) is -1.11. The fourth-order valence-electron chi connectivity index (χ4n) is 0.295. The predicted molar refractivity (Wildman–Crippen MR) is 27.9 cm³/mol. The molecule has 0 unspecified atom stereocenters. The van der Waals surface area contributed by atoms with E-state index in [4.69, 9.17) is 0 Å². The minimum atomic E-state index is 0. The van der Waals surface area contributed by atoms with Crippen LogP contribution in [0.25, 0.3) is 0 Å². The van der Waals surface area contributed by atoms with Gasteiger partial charge >= 0.3 is 17.6 Å². The Morgan fingerprint density at radius 3 is 1.67 bits per heavy atom. The normalized spacial score (nSPS) is 20.0. The van der Waals surface area contributed by atoms with Crippen LogP contribution in [-0.4, -0.2) is 30.8 Å². The van der Waals surface area contributed by atoms with Crippen LogP contribution < -0.4 is 0 Å². The van der Waals surface area contributed by atoms with E-state index in [2.05, 4.69) is 9.78 Å². The molecular formula is C3H10GeO2. The van der Waals surface area contributed by atoms with Crippen molar-refractivity contribution in [2.45, 2.75) is 6.42 Å². The molecule has 2 nitrogen and oxygen atoms in total. The molecule has 1 heterocycles. The van der Waals surface area contributed by atoms with Crippen LogP contribution in [0.2, 0.25) is 0 Å². The van der Waals surface area contributed by atoms with Crippen LogP contribution in [-0.2, 0) is 9.78 Å². The monoisotopic (exact) mass is 152 g/mol. The van der Waals surface area contributed by atoms with Crippen molar-refractivity contribution in [1.29, 1.82) is 0 Å². The Balaban J connectivity index is 0.000000250. The van der Waals surface area contributed by atoms with E-state index in [1.54, 1.807) is 0 Å². The molecule has 0 N–H and O–H groups in total. The molecule has 1 fully saturated rings. The van der Waals surface area contributed by atoms with E-state index in [1.807, 2.05) is 0 Å². The number of rotatable bonds is 0. The molecule has 0 atom stereocenters. The summed E-state index contributed by atoms with van der Waals surface area (Å²) in [4.78, 5) is 8.89. The minimum absolute atomic E-state index is 0. The molecule has 0 spiro atoms. The SMILES string of the molecule is C1COOC1.[GeH4]. The molecule has 1 rings (SSSR count). The molecule has 0 saturated carbocycles. The van der Waals surface area contributed by atoms with Crippen molar-refractivity contribution >= 4 is 17.6 Å². The zero-order chi connectivity index (χ0) is 3.54. The number of hydrogen-bond acceptors (Lipinski definition) is 2. The van der Waals surface area contributed by atoms with Crippen LogP contribution in [0.15, 0.2) is 0 Å². The van der Waals surface area contributed by atoms with Gasteiger partial charge in [0.05, 0.1) is 13.2 Å². The Morgan fingerprint density at radius 1 is 1.00 bits per heavy atom. The first kappa shape index (κ1) is 6.46. The Labute approximate surface area is 47.7 Å². The average molecular weight is 151 g/mol. The standard InChI is InChI=1S/C3H6O2.GeH4/c1-2-4-5-3-1;/h1-3H2;1H4. The van der Waals surface area contributed by atoms with Gasteiger partial charge in [-0.1, -0.05) is 0 Å². The molecule has 0 bridgehead atoms. The summed E-state index contributed by atoms with van der Waals surface area (Å²) in [6.07, 6.45) is 1.06. The van der Waals surface area contributed by atoms with Gasteiger partial charge in [0.15, 0.2) is 0 Å². The summed E-state index contributed by atoms with van der Waals surface area (Å²) in [6, 6.07) is 0. The van der Waals surface area contributed by atoms with Gasteiger partial charge < -0.3 is 0 Å². The fourth-order valence-corrected chi connectivity index (χ4v) is 0.295. The molecule has 6 heavy (non-hydrogen) atoms. The Bertz CT molecular complexity index is 20.4. The van der Waals surface area contributed by atoms with Crippen molar-refractivity contribution in [2.75, 3.05) is 13.2 Å². The van der Waals surface area contributed by atoms with Gasteiger partial charge in [-0.25, -0.2) is 9.78 Å². The molecule has 3 heteroatoms. The molecule has 0 radical (unpaired) electrons. The zero-order valence-electron chi connectivity index (χ0n) is 2.94. The molecule has 1 aliphatic rings. The Morgan fingerprint density at radius 2 is 1.50 bits per heavy atom. The van der Waals surface area contributed by atoms with Crippen LogP contribution >= 0.6 is 0 Å². The van der Waals surface area contributed by atoms with Crippen molar-refractivity contribution in [3.63, 3.8) is 0 Å².